The van der Waals surface area contributed by atoms with Crippen LogP contribution in [0.4, 0.5) is 5.69 Å². The summed E-state index contributed by atoms with van der Waals surface area (Å²) >= 11 is 0. The molecule has 23 heavy (non-hydrogen) atoms. The predicted octanol–water partition coefficient (Wildman–Crippen LogP) is 4.31. The lowest BCUT2D eigenvalue weighted by Crippen LogP contribution is -2.39. The van der Waals surface area contributed by atoms with Gasteiger partial charge in [-0.15, -0.1) is 0 Å². The Bertz CT molecular complexity index is 722. The zero-order valence-corrected chi connectivity index (χ0v) is 13.9. The average Bonchev–Trinajstić information content (AvgIpc) is 2.73. The van der Waals surface area contributed by atoms with E-state index in [1.165, 1.54) is 22.4 Å². The molecule has 1 heterocycles. The minimum absolute atomic E-state index is 0.00136. The second-order valence-electron chi connectivity index (χ2n) is 6.83. The first-order valence-corrected chi connectivity index (χ1v) is 8.09. The molecule has 3 rings (SSSR count). The SMILES string of the molecule is CC1N(CCC(=O)O)c2ccc(-c3ccccc3)cc2C1(C)C. The van der Waals surface area contributed by atoms with E-state index in [0.29, 0.717) is 6.54 Å². The van der Waals surface area contributed by atoms with Gasteiger partial charge in [0.1, 0.15) is 0 Å². The number of rotatable bonds is 4. The number of carbonyl (C=O) groups is 1. The van der Waals surface area contributed by atoms with Crippen molar-refractivity contribution in [1.29, 1.82) is 0 Å². The Balaban J connectivity index is 2.01. The minimum atomic E-state index is -0.746. The Morgan fingerprint density at radius 2 is 1.83 bits per heavy atom. The molecule has 0 saturated carbocycles. The van der Waals surface area contributed by atoms with E-state index in [-0.39, 0.29) is 17.9 Å². The lowest BCUT2D eigenvalue weighted by atomic mass is 9.80. The van der Waals surface area contributed by atoms with E-state index < -0.39 is 5.97 Å². The normalized spacial score (nSPS) is 18.7. The van der Waals surface area contributed by atoms with E-state index in [4.69, 9.17) is 5.11 Å². The van der Waals surface area contributed by atoms with Crippen molar-refractivity contribution >= 4 is 11.7 Å². The smallest absolute Gasteiger partial charge is 0.305 e. The van der Waals surface area contributed by atoms with Crippen LogP contribution in [0, 0.1) is 0 Å². The molecule has 0 bridgehead atoms. The first-order valence-electron chi connectivity index (χ1n) is 8.09. The van der Waals surface area contributed by atoms with Crippen molar-refractivity contribution < 1.29 is 9.90 Å². The molecule has 2 aromatic rings. The molecule has 1 N–H and O–H groups in total. The topological polar surface area (TPSA) is 40.5 Å². The zero-order valence-electron chi connectivity index (χ0n) is 13.9. The summed E-state index contributed by atoms with van der Waals surface area (Å²) in [6, 6.07) is 17.2. The van der Waals surface area contributed by atoms with Crippen LogP contribution in [0.15, 0.2) is 48.5 Å². The van der Waals surface area contributed by atoms with Gasteiger partial charge >= 0.3 is 5.97 Å². The highest BCUT2D eigenvalue weighted by atomic mass is 16.4. The summed E-state index contributed by atoms with van der Waals surface area (Å²) in [5.41, 5.74) is 4.89. The van der Waals surface area contributed by atoms with Gasteiger partial charge in [0.25, 0.3) is 0 Å². The Morgan fingerprint density at radius 3 is 2.48 bits per heavy atom. The molecular weight excluding hydrogens is 286 g/mol. The van der Waals surface area contributed by atoms with Crippen molar-refractivity contribution in [1.82, 2.24) is 0 Å². The van der Waals surface area contributed by atoms with E-state index in [2.05, 4.69) is 68.1 Å². The molecule has 0 saturated heterocycles. The van der Waals surface area contributed by atoms with E-state index >= 15 is 0 Å². The van der Waals surface area contributed by atoms with Gasteiger partial charge in [-0.1, -0.05) is 50.2 Å². The number of hydrogen-bond acceptors (Lipinski definition) is 2. The van der Waals surface area contributed by atoms with Crippen molar-refractivity contribution in [2.75, 3.05) is 11.4 Å². The first-order chi connectivity index (χ1) is 10.9. The first kappa shape index (κ1) is 15.6. The van der Waals surface area contributed by atoms with Crippen molar-refractivity contribution in [3.63, 3.8) is 0 Å². The summed E-state index contributed by atoms with van der Waals surface area (Å²) in [6.45, 7) is 7.22. The number of benzene rings is 2. The highest BCUT2D eigenvalue weighted by molar-refractivity contribution is 5.74. The Labute approximate surface area is 137 Å². The lowest BCUT2D eigenvalue weighted by Gasteiger charge is -2.31. The third-order valence-electron chi connectivity index (χ3n) is 5.19. The minimum Gasteiger partial charge on any atom is -0.481 e. The molecule has 1 aliphatic heterocycles. The van der Waals surface area contributed by atoms with Crippen LogP contribution in [0.1, 0.15) is 32.8 Å². The van der Waals surface area contributed by atoms with Crippen molar-refractivity contribution in [2.45, 2.75) is 38.6 Å². The number of anilines is 1. The van der Waals surface area contributed by atoms with Crippen LogP contribution in [0.3, 0.4) is 0 Å². The maximum Gasteiger partial charge on any atom is 0.305 e. The summed E-state index contributed by atoms with van der Waals surface area (Å²) in [4.78, 5) is 13.2. The predicted molar refractivity (Wildman–Crippen MR) is 94.0 cm³/mol. The third kappa shape index (κ3) is 2.72. The molecule has 1 atom stereocenters. The van der Waals surface area contributed by atoms with Gasteiger partial charge in [-0.3, -0.25) is 4.79 Å². The van der Waals surface area contributed by atoms with Gasteiger partial charge in [-0.2, -0.15) is 0 Å². The van der Waals surface area contributed by atoms with Crippen LogP contribution in [0.25, 0.3) is 11.1 Å². The molecule has 3 nitrogen and oxygen atoms in total. The van der Waals surface area contributed by atoms with E-state index in [1.807, 2.05) is 6.07 Å². The molecule has 1 unspecified atom stereocenters. The Morgan fingerprint density at radius 1 is 1.13 bits per heavy atom. The van der Waals surface area contributed by atoms with E-state index in [1.54, 1.807) is 0 Å². The highest BCUT2D eigenvalue weighted by Crippen LogP contribution is 2.46. The third-order valence-corrected chi connectivity index (χ3v) is 5.19. The van der Waals surface area contributed by atoms with Gasteiger partial charge < -0.3 is 10.0 Å². The summed E-state index contributed by atoms with van der Waals surface area (Å²) in [5.74, 6) is -0.746. The molecule has 120 valence electrons. The number of hydrogen-bond donors (Lipinski definition) is 1. The number of carboxylic acids is 1. The molecule has 1 aliphatic rings. The number of carboxylic acid groups (broad SMARTS) is 1. The lowest BCUT2D eigenvalue weighted by molar-refractivity contribution is -0.136. The fraction of sp³-hybridized carbons (Fsp3) is 0.350. The van der Waals surface area contributed by atoms with Gasteiger partial charge in [0, 0.05) is 23.7 Å². The van der Waals surface area contributed by atoms with Crippen LogP contribution in [0.5, 0.6) is 0 Å². The van der Waals surface area contributed by atoms with Crippen LogP contribution >= 0.6 is 0 Å². The molecular formula is C20H23NO2. The largest absolute Gasteiger partial charge is 0.481 e. The molecule has 0 radical (unpaired) electrons. The average molecular weight is 309 g/mol. The fourth-order valence-corrected chi connectivity index (χ4v) is 3.47. The van der Waals surface area contributed by atoms with Crippen LogP contribution in [-0.4, -0.2) is 23.7 Å². The maximum absolute atomic E-state index is 10.9. The summed E-state index contributed by atoms with van der Waals surface area (Å²) in [6.07, 6.45) is 0.167. The summed E-state index contributed by atoms with van der Waals surface area (Å²) in [7, 11) is 0. The number of aliphatic carboxylic acids is 1. The Hall–Kier alpha value is -2.29. The molecule has 2 aromatic carbocycles. The van der Waals surface area contributed by atoms with Crippen molar-refractivity contribution in [2.24, 2.45) is 0 Å². The van der Waals surface area contributed by atoms with Crippen LogP contribution in [0.2, 0.25) is 0 Å². The van der Waals surface area contributed by atoms with Gasteiger partial charge in [-0.05, 0) is 35.7 Å². The fourth-order valence-electron chi connectivity index (χ4n) is 3.47. The van der Waals surface area contributed by atoms with Gasteiger partial charge in [0.05, 0.1) is 6.42 Å². The van der Waals surface area contributed by atoms with Crippen LogP contribution in [-0.2, 0) is 10.2 Å². The second kappa shape index (κ2) is 5.73. The number of fused-ring (bicyclic) bond motifs is 1. The Kier molecular flexibility index (Phi) is 3.88. The zero-order chi connectivity index (χ0) is 16.6. The molecule has 0 aromatic heterocycles. The maximum atomic E-state index is 10.9. The summed E-state index contributed by atoms with van der Waals surface area (Å²) < 4.78 is 0. The molecule has 0 amide bonds. The van der Waals surface area contributed by atoms with Gasteiger partial charge in [0.15, 0.2) is 0 Å². The van der Waals surface area contributed by atoms with Crippen LogP contribution < -0.4 is 4.90 Å². The monoisotopic (exact) mass is 309 g/mol. The van der Waals surface area contributed by atoms with E-state index in [9.17, 15) is 4.79 Å². The summed E-state index contributed by atoms with van der Waals surface area (Å²) in [5, 5.41) is 9.00. The molecule has 0 aliphatic carbocycles. The number of nitrogens with zero attached hydrogens (tertiary/aromatic N) is 1. The van der Waals surface area contributed by atoms with Gasteiger partial charge in [0.2, 0.25) is 0 Å². The second-order valence-corrected chi connectivity index (χ2v) is 6.83. The standard InChI is InChI=1S/C20H23NO2/c1-14-20(2,3)17-13-16(15-7-5-4-6-8-15)9-10-18(17)21(14)12-11-19(22)23/h4-10,13-14H,11-12H2,1-3H3,(H,22,23). The van der Waals surface area contributed by atoms with Crippen molar-refractivity contribution in [3.05, 3.63) is 54.1 Å². The molecule has 0 spiro atoms. The van der Waals surface area contributed by atoms with Gasteiger partial charge in [-0.25, -0.2) is 0 Å². The van der Waals surface area contributed by atoms with Crippen molar-refractivity contribution in [3.8, 4) is 11.1 Å². The molecule has 3 heteroatoms. The highest BCUT2D eigenvalue weighted by Gasteiger charge is 2.41. The molecule has 0 fully saturated rings. The van der Waals surface area contributed by atoms with E-state index in [0.717, 1.165) is 0 Å². The quantitative estimate of drug-likeness (QED) is 0.914.